The van der Waals surface area contributed by atoms with Gasteiger partial charge in [0.05, 0.1) is 16.3 Å². The van der Waals surface area contributed by atoms with Crippen LogP contribution in [0.5, 0.6) is 0 Å². The van der Waals surface area contributed by atoms with Gasteiger partial charge < -0.3 is 4.42 Å². The van der Waals surface area contributed by atoms with Crippen LogP contribution in [0.25, 0.3) is 0 Å². The highest BCUT2D eigenvalue weighted by Crippen LogP contribution is 2.27. The van der Waals surface area contributed by atoms with Crippen molar-refractivity contribution in [2.24, 2.45) is 5.10 Å². The van der Waals surface area contributed by atoms with Crippen molar-refractivity contribution in [3.8, 4) is 6.07 Å². The molecule has 0 spiro atoms. The van der Waals surface area contributed by atoms with E-state index in [-0.39, 0.29) is 17.5 Å². The maximum Gasteiger partial charge on any atom is 0.252 e. The predicted octanol–water partition coefficient (Wildman–Crippen LogP) is 5.20. The highest BCUT2D eigenvalue weighted by atomic mass is 35.5. The fourth-order valence-corrected chi connectivity index (χ4v) is 2.59. The van der Waals surface area contributed by atoms with Gasteiger partial charge in [0, 0.05) is 11.5 Å². The van der Waals surface area contributed by atoms with Gasteiger partial charge in [0.2, 0.25) is 11.6 Å². The molecule has 0 bridgehead atoms. The number of nitrogens with one attached hydrogen (secondary N) is 1. The van der Waals surface area contributed by atoms with Gasteiger partial charge in [-0.15, -0.1) is 0 Å². The molecule has 5 nitrogen and oxygen atoms in total. The lowest BCUT2D eigenvalue weighted by molar-refractivity contribution is 0.439. The first kappa shape index (κ1) is 17.3. The zero-order valence-corrected chi connectivity index (χ0v) is 14.3. The number of benzene rings is 1. The summed E-state index contributed by atoms with van der Waals surface area (Å²) >= 11 is 12.1. The van der Waals surface area contributed by atoms with Gasteiger partial charge in [-0.25, -0.2) is 10.4 Å². The number of halogens is 2. The molecule has 1 aromatic heterocycles. The molecule has 0 amide bonds. The first-order chi connectivity index (χ1) is 11.1. The number of nitriles is 1. The van der Waals surface area contributed by atoms with E-state index in [0.29, 0.717) is 21.5 Å². The third kappa shape index (κ3) is 4.04. The largest absolute Gasteiger partial charge is 0.422 e. The van der Waals surface area contributed by atoms with Gasteiger partial charge in [-0.05, 0) is 25.0 Å². The van der Waals surface area contributed by atoms with Crippen molar-refractivity contribution in [1.82, 2.24) is 4.98 Å². The number of hydrazone groups is 1. The summed E-state index contributed by atoms with van der Waals surface area (Å²) in [6.07, 6.45) is 3.25. The minimum absolute atomic E-state index is 0.175. The molecule has 0 saturated heterocycles. The zero-order valence-electron chi connectivity index (χ0n) is 12.8. The highest BCUT2D eigenvalue weighted by Gasteiger charge is 2.18. The molecule has 1 N–H and O–H groups in total. The number of hydrogen-bond acceptors (Lipinski definition) is 5. The molecule has 0 unspecified atom stereocenters. The van der Waals surface area contributed by atoms with E-state index in [4.69, 9.17) is 32.9 Å². The van der Waals surface area contributed by atoms with Gasteiger partial charge >= 0.3 is 0 Å². The zero-order chi connectivity index (χ0) is 16.8. The summed E-state index contributed by atoms with van der Waals surface area (Å²) in [7, 11) is 0. The Hall–Kier alpha value is -2.03. The molecule has 0 radical (unpaired) electrons. The van der Waals surface area contributed by atoms with Gasteiger partial charge in [0.25, 0.3) is 5.88 Å². The second-order valence-corrected chi connectivity index (χ2v) is 5.67. The third-order valence-corrected chi connectivity index (χ3v) is 4.10. The van der Waals surface area contributed by atoms with E-state index in [1.165, 1.54) is 6.21 Å². The number of oxazole rings is 1. The molecule has 0 aliphatic carbocycles. The van der Waals surface area contributed by atoms with Crippen molar-refractivity contribution in [2.75, 3.05) is 5.43 Å². The number of rotatable bonds is 6. The van der Waals surface area contributed by atoms with E-state index in [1.54, 1.807) is 18.2 Å². The Morgan fingerprint density at radius 1 is 1.35 bits per heavy atom. The van der Waals surface area contributed by atoms with E-state index >= 15 is 0 Å². The van der Waals surface area contributed by atoms with Gasteiger partial charge in [-0.1, -0.05) is 43.1 Å². The minimum atomic E-state index is 0.175. The summed E-state index contributed by atoms with van der Waals surface area (Å²) < 4.78 is 5.62. The predicted molar refractivity (Wildman–Crippen MR) is 92.2 cm³/mol. The fraction of sp³-hybridized carbons (Fsp3) is 0.312. The summed E-state index contributed by atoms with van der Waals surface area (Å²) in [6.45, 7) is 4.10. The first-order valence-corrected chi connectivity index (χ1v) is 8.00. The minimum Gasteiger partial charge on any atom is -0.422 e. The van der Waals surface area contributed by atoms with Crippen LogP contribution in [0.1, 0.15) is 49.8 Å². The van der Waals surface area contributed by atoms with E-state index in [2.05, 4.69) is 29.4 Å². The summed E-state index contributed by atoms with van der Waals surface area (Å²) in [5, 5.41) is 14.2. The lowest BCUT2D eigenvalue weighted by Gasteiger charge is -2.05. The van der Waals surface area contributed by atoms with E-state index in [0.717, 1.165) is 12.8 Å². The SMILES string of the molecule is CCC(CC)c1nc(C#N)c(NN=Cc2c(Cl)cccc2Cl)o1. The summed E-state index contributed by atoms with van der Waals surface area (Å²) in [5.74, 6) is 0.938. The van der Waals surface area contributed by atoms with Crippen LogP contribution in [0.2, 0.25) is 10.0 Å². The van der Waals surface area contributed by atoms with Crippen molar-refractivity contribution in [3.05, 3.63) is 45.4 Å². The third-order valence-electron chi connectivity index (χ3n) is 3.44. The van der Waals surface area contributed by atoms with Crippen LogP contribution in [0.15, 0.2) is 27.7 Å². The van der Waals surface area contributed by atoms with Crippen molar-refractivity contribution in [1.29, 1.82) is 5.26 Å². The van der Waals surface area contributed by atoms with Crippen LogP contribution < -0.4 is 5.43 Å². The average Bonchev–Trinajstić information content (AvgIpc) is 2.94. The van der Waals surface area contributed by atoms with Gasteiger partial charge in [0.1, 0.15) is 6.07 Å². The molecule has 1 aromatic carbocycles. The molecule has 0 atom stereocenters. The second-order valence-electron chi connectivity index (χ2n) is 4.86. The molecule has 0 fully saturated rings. The Bertz CT molecular complexity index is 725. The van der Waals surface area contributed by atoms with Crippen LogP contribution in [-0.2, 0) is 0 Å². The molecule has 1 heterocycles. The Labute approximate surface area is 144 Å². The first-order valence-electron chi connectivity index (χ1n) is 7.24. The molecule has 0 aliphatic heterocycles. The number of hydrogen-bond donors (Lipinski definition) is 1. The molecule has 7 heteroatoms. The Kier molecular flexibility index (Phi) is 6.03. The van der Waals surface area contributed by atoms with Gasteiger partial charge in [0.15, 0.2) is 0 Å². The van der Waals surface area contributed by atoms with Crippen LogP contribution >= 0.6 is 23.2 Å². The second kappa shape index (κ2) is 8.00. The number of aromatic nitrogens is 1. The summed E-state index contributed by atoms with van der Waals surface area (Å²) in [6, 6.07) is 7.18. The van der Waals surface area contributed by atoms with Crippen LogP contribution in [0, 0.1) is 11.3 Å². The quantitative estimate of drug-likeness (QED) is 0.573. The molecule has 2 rings (SSSR count). The van der Waals surface area contributed by atoms with Crippen molar-refractivity contribution < 1.29 is 4.42 Å². The van der Waals surface area contributed by atoms with Crippen LogP contribution in [0.3, 0.4) is 0 Å². The molecule has 23 heavy (non-hydrogen) atoms. The Morgan fingerprint density at radius 2 is 2.00 bits per heavy atom. The lowest BCUT2D eigenvalue weighted by atomic mass is 10.0. The van der Waals surface area contributed by atoms with E-state index < -0.39 is 0 Å². The maximum atomic E-state index is 9.16. The van der Waals surface area contributed by atoms with Crippen molar-refractivity contribution in [3.63, 3.8) is 0 Å². The normalized spacial score (nSPS) is 11.1. The topological polar surface area (TPSA) is 74.2 Å². The molecule has 120 valence electrons. The highest BCUT2D eigenvalue weighted by molar-refractivity contribution is 6.38. The van der Waals surface area contributed by atoms with Crippen molar-refractivity contribution in [2.45, 2.75) is 32.6 Å². The Morgan fingerprint density at radius 3 is 2.57 bits per heavy atom. The average molecular weight is 351 g/mol. The van der Waals surface area contributed by atoms with Gasteiger partial charge in [-0.3, -0.25) is 0 Å². The molecular formula is C16H16Cl2N4O. The lowest BCUT2D eigenvalue weighted by Crippen LogP contribution is -1.95. The monoisotopic (exact) mass is 350 g/mol. The van der Waals surface area contributed by atoms with Crippen LogP contribution in [-0.4, -0.2) is 11.2 Å². The smallest absolute Gasteiger partial charge is 0.252 e. The molecule has 2 aromatic rings. The van der Waals surface area contributed by atoms with E-state index in [9.17, 15) is 0 Å². The summed E-state index contributed by atoms with van der Waals surface area (Å²) in [4.78, 5) is 4.22. The standard InChI is InChI=1S/C16H16Cl2N4O/c1-3-10(4-2)15-21-14(8-19)16(23-15)22-20-9-11-12(17)6-5-7-13(11)18/h5-7,9-10,22H,3-4H2,1-2H3. The van der Waals surface area contributed by atoms with Gasteiger partial charge in [-0.2, -0.15) is 10.4 Å². The molecular weight excluding hydrogens is 335 g/mol. The van der Waals surface area contributed by atoms with Crippen molar-refractivity contribution >= 4 is 35.3 Å². The fourth-order valence-electron chi connectivity index (χ4n) is 2.09. The number of anilines is 1. The number of nitrogens with zero attached hydrogens (tertiary/aromatic N) is 3. The van der Waals surface area contributed by atoms with Crippen LogP contribution in [0.4, 0.5) is 5.88 Å². The Balaban J connectivity index is 2.20. The maximum absolute atomic E-state index is 9.16. The molecule has 0 aliphatic rings. The summed E-state index contributed by atoms with van der Waals surface area (Å²) in [5.41, 5.74) is 3.45. The van der Waals surface area contributed by atoms with E-state index in [1.807, 2.05) is 6.07 Å². The molecule has 0 saturated carbocycles.